The second-order valence-electron chi connectivity index (χ2n) is 10.2. The van der Waals surface area contributed by atoms with Gasteiger partial charge in [0, 0.05) is 35.2 Å². The first-order valence-electron chi connectivity index (χ1n) is 13.1. The Kier molecular flexibility index (Phi) is 7.23. The lowest BCUT2D eigenvalue weighted by atomic mass is 10.1. The summed E-state index contributed by atoms with van der Waals surface area (Å²) < 4.78 is 12.6. The minimum atomic E-state index is -0.663. The lowest BCUT2D eigenvalue weighted by Crippen LogP contribution is -2.24. The van der Waals surface area contributed by atoms with Crippen LogP contribution < -0.4 is 10.1 Å². The van der Waals surface area contributed by atoms with Crippen molar-refractivity contribution in [1.82, 2.24) is 9.88 Å². The Morgan fingerprint density at radius 3 is 2.47 bits per heavy atom. The van der Waals surface area contributed by atoms with Crippen LogP contribution in [-0.2, 0) is 22.6 Å². The highest BCUT2D eigenvalue weighted by Gasteiger charge is 2.23. The Hall–Kier alpha value is -4.06. The number of rotatable bonds is 9. The zero-order chi connectivity index (χ0) is 26.8. The highest BCUT2D eigenvalue weighted by atomic mass is 16.6. The smallest absolute Gasteiger partial charge is 0.346 e. The molecule has 1 fully saturated rings. The van der Waals surface area contributed by atoms with E-state index in [1.54, 1.807) is 6.92 Å². The van der Waals surface area contributed by atoms with Crippen molar-refractivity contribution in [3.05, 3.63) is 100 Å². The molecule has 1 heterocycles. The van der Waals surface area contributed by atoms with Crippen LogP contribution in [0.15, 0.2) is 66.7 Å². The summed E-state index contributed by atoms with van der Waals surface area (Å²) in [7, 11) is 1.35. The molecule has 0 aliphatic heterocycles. The maximum absolute atomic E-state index is 13.0. The number of carbonyl (C=O) groups is 2. The van der Waals surface area contributed by atoms with Gasteiger partial charge in [-0.25, -0.2) is 4.79 Å². The van der Waals surface area contributed by atoms with E-state index in [0.717, 1.165) is 27.7 Å². The monoisotopic (exact) mass is 510 g/mol. The van der Waals surface area contributed by atoms with Crippen LogP contribution in [0.5, 0.6) is 5.75 Å². The number of methoxy groups -OCH3 is 1. The van der Waals surface area contributed by atoms with Gasteiger partial charge in [-0.2, -0.15) is 0 Å². The molecule has 1 aromatic heterocycles. The first kappa shape index (κ1) is 25.6. The first-order valence-corrected chi connectivity index (χ1v) is 13.1. The van der Waals surface area contributed by atoms with Crippen molar-refractivity contribution in [3.63, 3.8) is 0 Å². The predicted molar refractivity (Wildman–Crippen MR) is 149 cm³/mol. The summed E-state index contributed by atoms with van der Waals surface area (Å²) >= 11 is 0. The molecular weight excluding hydrogens is 476 g/mol. The number of fused-ring (bicyclic) bond motifs is 1. The molecule has 1 aliphatic rings. The van der Waals surface area contributed by atoms with Crippen LogP contribution in [0.2, 0.25) is 0 Å². The van der Waals surface area contributed by atoms with Crippen LogP contribution in [0.25, 0.3) is 10.9 Å². The van der Waals surface area contributed by atoms with Gasteiger partial charge in [0.25, 0.3) is 5.91 Å². The number of ether oxygens (including phenoxy) is 2. The van der Waals surface area contributed by atoms with Gasteiger partial charge in [-0.05, 0) is 92.1 Å². The Labute approximate surface area is 223 Å². The van der Waals surface area contributed by atoms with E-state index in [1.165, 1.54) is 31.1 Å². The Morgan fingerprint density at radius 2 is 1.76 bits per heavy atom. The fourth-order valence-electron chi connectivity index (χ4n) is 4.93. The molecule has 1 N–H and O–H groups in total. The van der Waals surface area contributed by atoms with Crippen LogP contribution >= 0.6 is 0 Å². The number of nitrogens with one attached hydrogen (secondary N) is 1. The fraction of sp³-hybridized carbons (Fsp3) is 0.312. The number of esters is 1. The van der Waals surface area contributed by atoms with E-state index < -0.39 is 12.1 Å². The Bertz CT molecular complexity index is 1480. The van der Waals surface area contributed by atoms with Gasteiger partial charge in [-0.15, -0.1) is 0 Å². The number of aromatic nitrogens is 1. The molecule has 0 radical (unpaired) electrons. The summed E-state index contributed by atoms with van der Waals surface area (Å²) in [5, 5.41) is 4.17. The lowest BCUT2D eigenvalue weighted by Gasteiger charge is -2.13. The second kappa shape index (κ2) is 10.7. The maximum Gasteiger partial charge on any atom is 0.346 e. The van der Waals surface area contributed by atoms with Crippen LogP contribution in [0, 0.1) is 13.8 Å². The van der Waals surface area contributed by atoms with Gasteiger partial charge < -0.3 is 19.4 Å². The molecule has 1 saturated carbocycles. The van der Waals surface area contributed by atoms with Gasteiger partial charge in [0.1, 0.15) is 5.75 Å². The summed E-state index contributed by atoms with van der Waals surface area (Å²) in [5.74, 6) is 0.844. The number of amides is 1. The molecule has 0 saturated heterocycles. The molecule has 1 atom stereocenters. The second-order valence-corrected chi connectivity index (χ2v) is 10.2. The number of hydrogen-bond donors (Lipinski definition) is 1. The minimum Gasteiger partial charge on any atom is -0.479 e. The molecular formula is C32H34N2O4. The van der Waals surface area contributed by atoms with E-state index in [4.69, 9.17) is 9.47 Å². The number of nitrogens with zero attached hydrogens (tertiary/aromatic N) is 1. The van der Waals surface area contributed by atoms with Crippen LogP contribution in [0.1, 0.15) is 64.0 Å². The average Bonchev–Trinajstić information content (AvgIpc) is 3.77. The van der Waals surface area contributed by atoms with Crippen LogP contribution in [0.4, 0.5) is 0 Å². The van der Waals surface area contributed by atoms with Crippen LogP contribution in [0.3, 0.4) is 0 Å². The molecule has 5 rings (SSSR count). The van der Waals surface area contributed by atoms with Crippen molar-refractivity contribution in [2.45, 2.75) is 58.7 Å². The minimum absolute atomic E-state index is 0.0645. The average molecular weight is 511 g/mol. The molecule has 4 aromatic rings. The van der Waals surface area contributed by atoms with Gasteiger partial charge in [-0.3, -0.25) is 4.79 Å². The normalized spacial score (nSPS) is 13.8. The van der Waals surface area contributed by atoms with Crippen molar-refractivity contribution in [2.75, 3.05) is 7.11 Å². The van der Waals surface area contributed by atoms with Gasteiger partial charge in [0.15, 0.2) is 6.10 Å². The molecule has 6 nitrogen and oxygen atoms in total. The summed E-state index contributed by atoms with van der Waals surface area (Å²) in [6, 6.07) is 22.2. The largest absolute Gasteiger partial charge is 0.479 e. The highest BCUT2D eigenvalue weighted by Crippen LogP contribution is 2.40. The summed E-state index contributed by atoms with van der Waals surface area (Å²) in [6.07, 6.45) is 1.87. The molecule has 0 spiro atoms. The molecule has 1 aliphatic carbocycles. The molecule has 38 heavy (non-hydrogen) atoms. The topological polar surface area (TPSA) is 69.6 Å². The predicted octanol–water partition coefficient (Wildman–Crippen LogP) is 6.05. The summed E-state index contributed by atoms with van der Waals surface area (Å²) in [5.41, 5.74) is 7.71. The standard InChI is InChI=1S/C32H34N2O4/c1-20-21(2)34(19-23-8-13-28(14-9-23)38-22(3)32(36)37-4)30-15-12-27(17-29(20)30)31(35)33-18-24-6-5-7-26(16-24)25-10-11-25/h5-9,12-17,22,25H,10-11,18-19H2,1-4H3,(H,33,35). The lowest BCUT2D eigenvalue weighted by molar-refractivity contribution is -0.147. The number of hydrogen-bond acceptors (Lipinski definition) is 4. The van der Waals surface area contributed by atoms with Gasteiger partial charge >= 0.3 is 5.97 Å². The third-order valence-corrected chi connectivity index (χ3v) is 7.46. The van der Waals surface area contributed by atoms with Crippen molar-refractivity contribution < 1.29 is 19.1 Å². The number of carbonyl (C=O) groups excluding carboxylic acids is 2. The molecule has 196 valence electrons. The third kappa shape index (κ3) is 5.44. The Morgan fingerprint density at radius 1 is 1.00 bits per heavy atom. The molecule has 6 heteroatoms. The maximum atomic E-state index is 13.0. The molecule has 1 unspecified atom stereocenters. The zero-order valence-corrected chi connectivity index (χ0v) is 22.4. The van der Waals surface area contributed by atoms with E-state index in [2.05, 4.69) is 48.0 Å². The van der Waals surface area contributed by atoms with Crippen molar-refractivity contribution in [2.24, 2.45) is 0 Å². The molecule has 1 amide bonds. The third-order valence-electron chi connectivity index (χ3n) is 7.46. The van der Waals surface area contributed by atoms with E-state index in [0.29, 0.717) is 30.3 Å². The van der Waals surface area contributed by atoms with Gasteiger partial charge in [0.2, 0.25) is 0 Å². The Balaban J connectivity index is 1.29. The SMILES string of the molecule is COC(=O)C(C)Oc1ccc(Cn2c(C)c(C)c3cc(C(=O)NCc4cccc(C5CC5)c4)ccc32)cc1. The summed E-state index contributed by atoms with van der Waals surface area (Å²) in [6.45, 7) is 7.08. The van der Waals surface area contributed by atoms with Crippen molar-refractivity contribution in [1.29, 1.82) is 0 Å². The van der Waals surface area contributed by atoms with Crippen molar-refractivity contribution in [3.8, 4) is 5.75 Å². The quantitative estimate of drug-likeness (QED) is 0.278. The first-order chi connectivity index (χ1) is 18.3. The van der Waals surface area contributed by atoms with E-state index in [1.807, 2.05) is 42.5 Å². The van der Waals surface area contributed by atoms with Crippen LogP contribution in [-0.4, -0.2) is 29.7 Å². The van der Waals surface area contributed by atoms with E-state index >= 15 is 0 Å². The van der Waals surface area contributed by atoms with Gasteiger partial charge in [-0.1, -0.05) is 36.4 Å². The number of benzene rings is 3. The fourth-order valence-corrected chi connectivity index (χ4v) is 4.93. The van der Waals surface area contributed by atoms with Gasteiger partial charge in [0.05, 0.1) is 7.11 Å². The van der Waals surface area contributed by atoms with E-state index in [9.17, 15) is 9.59 Å². The summed E-state index contributed by atoms with van der Waals surface area (Å²) in [4.78, 5) is 24.6. The van der Waals surface area contributed by atoms with Crippen molar-refractivity contribution >= 4 is 22.8 Å². The number of aryl methyl sites for hydroxylation is 1. The van der Waals surface area contributed by atoms with E-state index in [-0.39, 0.29) is 5.91 Å². The molecule has 3 aromatic carbocycles. The zero-order valence-electron chi connectivity index (χ0n) is 22.4. The molecule has 0 bridgehead atoms. The highest BCUT2D eigenvalue weighted by molar-refractivity contribution is 5.99.